The fourth-order valence-electron chi connectivity index (χ4n) is 1.95. The summed E-state index contributed by atoms with van der Waals surface area (Å²) in [5.41, 5.74) is 0. The Kier molecular flexibility index (Phi) is 13.3. The average molecular weight is 258 g/mol. The van der Waals surface area contributed by atoms with E-state index in [9.17, 15) is 0 Å². The summed E-state index contributed by atoms with van der Waals surface area (Å²) in [6.07, 6.45) is 9.50. The van der Waals surface area contributed by atoms with Gasteiger partial charge in [0.25, 0.3) is 0 Å². The number of hydrogen-bond donors (Lipinski definition) is 0. The van der Waals surface area contributed by atoms with Gasteiger partial charge in [-0.15, -0.1) is 0 Å². The molecular weight excluding hydrogens is 224 g/mol. The fourth-order valence-corrected chi connectivity index (χ4v) is 1.95. The highest BCUT2D eigenvalue weighted by molar-refractivity contribution is 4.65. The standard InChI is InChI=1S/C9H20O.C7H14O/c1-3-5-6-7-9-10-8-4-2;1-6-4-3-5-8-7(6)2/h3-9H2,1-2H3;6-7H,3-5H2,1-2H3. The van der Waals surface area contributed by atoms with Gasteiger partial charge in [0.1, 0.15) is 0 Å². The number of rotatable bonds is 7. The lowest BCUT2D eigenvalue weighted by Gasteiger charge is -2.25. The molecule has 0 amide bonds. The molecule has 1 heterocycles. The molecule has 0 radical (unpaired) electrons. The second-order valence-corrected chi connectivity index (χ2v) is 5.37. The van der Waals surface area contributed by atoms with E-state index in [2.05, 4.69) is 27.7 Å². The van der Waals surface area contributed by atoms with Gasteiger partial charge in [-0.05, 0) is 38.5 Å². The molecule has 0 bridgehead atoms. The summed E-state index contributed by atoms with van der Waals surface area (Å²) in [5.74, 6) is 0.781. The maximum absolute atomic E-state index is 5.39. The van der Waals surface area contributed by atoms with E-state index in [4.69, 9.17) is 9.47 Å². The Morgan fingerprint density at radius 3 is 2.28 bits per heavy atom. The molecule has 18 heavy (non-hydrogen) atoms. The minimum atomic E-state index is 0.503. The fraction of sp³-hybridized carbons (Fsp3) is 1.00. The molecule has 1 fully saturated rings. The van der Waals surface area contributed by atoms with Gasteiger partial charge in [0, 0.05) is 19.8 Å². The predicted octanol–water partition coefficient (Wildman–Crippen LogP) is 4.81. The zero-order valence-corrected chi connectivity index (χ0v) is 13.0. The van der Waals surface area contributed by atoms with Crippen LogP contribution in [0.4, 0.5) is 0 Å². The van der Waals surface area contributed by atoms with Crippen LogP contribution in [0.3, 0.4) is 0 Å². The van der Waals surface area contributed by atoms with Gasteiger partial charge in [-0.25, -0.2) is 0 Å². The van der Waals surface area contributed by atoms with Crippen molar-refractivity contribution in [2.45, 2.75) is 78.7 Å². The van der Waals surface area contributed by atoms with Crippen LogP contribution in [0.15, 0.2) is 0 Å². The van der Waals surface area contributed by atoms with E-state index in [1.165, 1.54) is 38.5 Å². The largest absolute Gasteiger partial charge is 0.381 e. The van der Waals surface area contributed by atoms with Crippen LogP contribution in [0.5, 0.6) is 0 Å². The molecule has 1 saturated heterocycles. The number of hydrogen-bond acceptors (Lipinski definition) is 2. The molecule has 1 aliphatic heterocycles. The van der Waals surface area contributed by atoms with E-state index >= 15 is 0 Å². The topological polar surface area (TPSA) is 18.5 Å². The normalized spacial score (nSPS) is 23.3. The quantitative estimate of drug-likeness (QED) is 0.610. The van der Waals surface area contributed by atoms with Gasteiger partial charge in [0.05, 0.1) is 6.10 Å². The van der Waals surface area contributed by atoms with Gasteiger partial charge in [0.2, 0.25) is 0 Å². The molecule has 1 rings (SSSR count). The minimum Gasteiger partial charge on any atom is -0.381 e. The van der Waals surface area contributed by atoms with Crippen molar-refractivity contribution in [3.8, 4) is 0 Å². The minimum absolute atomic E-state index is 0.503. The van der Waals surface area contributed by atoms with E-state index in [1.54, 1.807) is 0 Å². The SMILES string of the molecule is CC1CCCOC1C.CCCCCCOCCC. The second kappa shape index (κ2) is 13.4. The van der Waals surface area contributed by atoms with Crippen LogP contribution < -0.4 is 0 Å². The van der Waals surface area contributed by atoms with E-state index < -0.39 is 0 Å². The summed E-state index contributed by atoms with van der Waals surface area (Å²) in [6.45, 7) is 11.7. The lowest BCUT2D eigenvalue weighted by molar-refractivity contribution is -0.00789. The van der Waals surface area contributed by atoms with Crippen molar-refractivity contribution in [2.75, 3.05) is 19.8 Å². The van der Waals surface area contributed by atoms with Crippen LogP contribution in [-0.2, 0) is 9.47 Å². The zero-order chi connectivity index (χ0) is 13.6. The van der Waals surface area contributed by atoms with Gasteiger partial charge in [-0.1, -0.05) is 40.0 Å². The molecule has 2 atom stereocenters. The smallest absolute Gasteiger partial charge is 0.0572 e. The number of unbranched alkanes of at least 4 members (excludes halogenated alkanes) is 3. The first-order valence-corrected chi connectivity index (χ1v) is 7.91. The van der Waals surface area contributed by atoms with E-state index in [1.807, 2.05) is 0 Å². The summed E-state index contributed by atoms with van der Waals surface area (Å²) >= 11 is 0. The Labute approximate surface area is 114 Å². The molecule has 0 N–H and O–H groups in total. The van der Waals surface area contributed by atoms with Crippen LogP contribution in [0.1, 0.15) is 72.6 Å². The summed E-state index contributed by atoms with van der Waals surface area (Å²) < 4.78 is 10.7. The Morgan fingerprint density at radius 2 is 1.78 bits per heavy atom. The molecule has 0 aromatic heterocycles. The highest BCUT2D eigenvalue weighted by atomic mass is 16.5. The van der Waals surface area contributed by atoms with Gasteiger partial charge in [0.15, 0.2) is 0 Å². The van der Waals surface area contributed by atoms with Gasteiger partial charge >= 0.3 is 0 Å². The van der Waals surface area contributed by atoms with E-state index in [0.29, 0.717) is 6.10 Å². The predicted molar refractivity (Wildman–Crippen MR) is 79.1 cm³/mol. The molecule has 1 aliphatic rings. The van der Waals surface area contributed by atoms with Crippen molar-refractivity contribution in [1.29, 1.82) is 0 Å². The molecular formula is C16H34O2. The molecule has 0 aliphatic carbocycles. The highest BCUT2D eigenvalue weighted by Gasteiger charge is 2.16. The third-order valence-corrected chi connectivity index (χ3v) is 3.48. The molecule has 2 nitrogen and oxygen atoms in total. The Hall–Kier alpha value is -0.0800. The van der Waals surface area contributed by atoms with Crippen LogP contribution >= 0.6 is 0 Å². The van der Waals surface area contributed by atoms with Gasteiger partial charge in [-0.2, -0.15) is 0 Å². The van der Waals surface area contributed by atoms with Crippen molar-refractivity contribution in [1.82, 2.24) is 0 Å². The Morgan fingerprint density at radius 1 is 1.00 bits per heavy atom. The Bertz CT molecular complexity index is 141. The Balaban J connectivity index is 0.000000327. The van der Waals surface area contributed by atoms with Gasteiger partial charge < -0.3 is 9.47 Å². The lowest BCUT2D eigenvalue weighted by Crippen LogP contribution is -2.23. The van der Waals surface area contributed by atoms with Crippen LogP contribution in [0, 0.1) is 5.92 Å². The van der Waals surface area contributed by atoms with Crippen molar-refractivity contribution in [2.24, 2.45) is 5.92 Å². The highest BCUT2D eigenvalue weighted by Crippen LogP contribution is 2.18. The molecule has 0 spiro atoms. The van der Waals surface area contributed by atoms with Crippen LogP contribution in [-0.4, -0.2) is 25.9 Å². The first kappa shape index (κ1) is 17.9. The summed E-state index contributed by atoms with van der Waals surface area (Å²) in [5, 5.41) is 0. The average Bonchev–Trinajstić information content (AvgIpc) is 2.38. The monoisotopic (exact) mass is 258 g/mol. The van der Waals surface area contributed by atoms with Crippen molar-refractivity contribution < 1.29 is 9.47 Å². The third kappa shape index (κ3) is 11.0. The number of ether oxygens (including phenoxy) is 2. The molecule has 110 valence electrons. The van der Waals surface area contributed by atoms with E-state index in [0.717, 1.165) is 32.2 Å². The first-order valence-electron chi connectivity index (χ1n) is 7.91. The maximum atomic E-state index is 5.39. The molecule has 2 heteroatoms. The lowest BCUT2D eigenvalue weighted by atomic mass is 9.98. The van der Waals surface area contributed by atoms with Crippen LogP contribution in [0.2, 0.25) is 0 Å². The summed E-state index contributed by atoms with van der Waals surface area (Å²) in [4.78, 5) is 0. The van der Waals surface area contributed by atoms with Crippen molar-refractivity contribution >= 4 is 0 Å². The third-order valence-electron chi connectivity index (χ3n) is 3.48. The van der Waals surface area contributed by atoms with Crippen LogP contribution in [0.25, 0.3) is 0 Å². The van der Waals surface area contributed by atoms with Crippen molar-refractivity contribution in [3.63, 3.8) is 0 Å². The van der Waals surface area contributed by atoms with E-state index in [-0.39, 0.29) is 0 Å². The van der Waals surface area contributed by atoms with Gasteiger partial charge in [-0.3, -0.25) is 0 Å². The summed E-state index contributed by atoms with van der Waals surface area (Å²) in [6, 6.07) is 0. The zero-order valence-electron chi connectivity index (χ0n) is 13.0. The van der Waals surface area contributed by atoms with Crippen molar-refractivity contribution in [3.05, 3.63) is 0 Å². The molecule has 0 saturated carbocycles. The second-order valence-electron chi connectivity index (χ2n) is 5.37. The summed E-state index contributed by atoms with van der Waals surface area (Å²) in [7, 11) is 0. The maximum Gasteiger partial charge on any atom is 0.0572 e. The molecule has 2 unspecified atom stereocenters. The molecule has 0 aromatic rings. The molecule has 0 aromatic carbocycles. The first-order chi connectivity index (χ1) is 8.72.